The zero-order valence-corrected chi connectivity index (χ0v) is 19.1. The molecule has 0 aliphatic carbocycles. The molecule has 9 nitrogen and oxygen atoms in total. The standard InChI is InChI=1S/C23H24N4O5S/c1-15-14-26(22(29)16-7-4-3-5-8-16)11-12-27(15)23(30)21(28)18-13-24-20-17(18)9-6-10-19(20)25-33(2,31)32/h3-10,13,15,24-25H,11-12,14H2,1-2H3/t15-/m1/s1. The molecule has 0 spiro atoms. The van der Waals surface area contributed by atoms with Crippen LogP contribution in [0.3, 0.4) is 0 Å². The number of sulfonamides is 1. The van der Waals surface area contributed by atoms with Crippen molar-refractivity contribution in [2.24, 2.45) is 0 Å². The maximum absolute atomic E-state index is 13.1. The normalized spacial score (nSPS) is 16.6. The van der Waals surface area contributed by atoms with Gasteiger partial charge in [0.05, 0.1) is 23.0 Å². The molecule has 0 bridgehead atoms. The fourth-order valence-electron chi connectivity index (χ4n) is 4.08. The second-order valence-electron chi connectivity index (χ2n) is 8.10. The fourth-order valence-corrected chi connectivity index (χ4v) is 4.65. The zero-order valence-electron chi connectivity index (χ0n) is 18.2. The van der Waals surface area contributed by atoms with Gasteiger partial charge in [0.1, 0.15) is 0 Å². The van der Waals surface area contributed by atoms with Gasteiger partial charge in [-0.05, 0) is 25.1 Å². The van der Waals surface area contributed by atoms with Crippen LogP contribution < -0.4 is 4.72 Å². The molecule has 33 heavy (non-hydrogen) atoms. The number of carbonyl (C=O) groups excluding carboxylic acids is 3. The van der Waals surface area contributed by atoms with Crippen molar-refractivity contribution in [2.75, 3.05) is 30.6 Å². The Hall–Kier alpha value is -3.66. The van der Waals surface area contributed by atoms with Gasteiger partial charge in [-0.2, -0.15) is 0 Å². The van der Waals surface area contributed by atoms with Crippen LogP contribution in [-0.2, 0) is 14.8 Å². The molecule has 0 unspecified atom stereocenters. The van der Waals surface area contributed by atoms with Crippen LogP contribution in [0.4, 0.5) is 5.69 Å². The van der Waals surface area contributed by atoms with Crippen LogP contribution in [-0.4, -0.2) is 72.7 Å². The molecule has 2 aromatic carbocycles. The number of ketones is 1. The quantitative estimate of drug-likeness (QED) is 0.439. The fraction of sp³-hybridized carbons (Fsp3) is 0.261. The highest BCUT2D eigenvalue weighted by Gasteiger charge is 2.34. The molecule has 2 heterocycles. The van der Waals surface area contributed by atoms with E-state index >= 15 is 0 Å². The zero-order chi connectivity index (χ0) is 23.8. The van der Waals surface area contributed by atoms with Gasteiger partial charge in [0, 0.05) is 42.8 Å². The van der Waals surface area contributed by atoms with Crippen molar-refractivity contribution in [3.63, 3.8) is 0 Å². The SMILES string of the molecule is C[C@@H]1CN(C(=O)c2ccccc2)CCN1C(=O)C(=O)c1c[nH]c2c(NS(C)(=O)=O)cccc12. The van der Waals surface area contributed by atoms with Crippen LogP contribution in [0.1, 0.15) is 27.6 Å². The number of aromatic amines is 1. The van der Waals surface area contributed by atoms with Crippen LogP contribution in [0, 0.1) is 0 Å². The van der Waals surface area contributed by atoms with Gasteiger partial charge in [-0.3, -0.25) is 19.1 Å². The van der Waals surface area contributed by atoms with Gasteiger partial charge in [-0.15, -0.1) is 0 Å². The lowest BCUT2D eigenvalue weighted by atomic mass is 10.1. The topological polar surface area (TPSA) is 120 Å². The summed E-state index contributed by atoms with van der Waals surface area (Å²) in [5.41, 5.74) is 1.47. The van der Waals surface area contributed by atoms with E-state index in [0.717, 1.165) is 6.26 Å². The Morgan fingerprint density at radius 1 is 1.03 bits per heavy atom. The van der Waals surface area contributed by atoms with Crippen LogP contribution in [0.25, 0.3) is 10.9 Å². The number of carbonyl (C=O) groups is 3. The van der Waals surface area contributed by atoms with Gasteiger partial charge < -0.3 is 14.8 Å². The highest BCUT2D eigenvalue weighted by atomic mass is 32.2. The molecule has 3 aromatic rings. The maximum atomic E-state index is 13.1. The van der Waals surface area contributed by atoms with Crippen molar-refractivity contribution >= 4 is 44.2 Å². The van der Waals surface area contributed by atoms with E-state index in [0.29, 0.717) is 35.2 Å². The Labute approximate surface area is 191 Å². The number of fused-ring (bicyclic) bond motifs is 1. The molecule has 1 fully saturated rings. The Balaban J connectivity index is 1.51. The summed E-state index contributed by atoms with van der Waals surface area (Å²) in [5.74, 6) is -1.45. The monoisotopic (exact) mass is 468 g/mol. The van der Waals surface area contributed by atoms with Gasteiger partial charge in [0.2, 0.25) is 10.0 Å². The third kappa shape index (κ3) is 4.61. The average Bonchev–Trinajstić information content (AvgIpc) is 3.22. The lowest BCUT2D eigenvalue weighted by Gasteiger charge is -2.39. The van der Waals surface area contributed by atoms with Crippen LogP contribution in [0.2, 0.25) is 0 Å². The number of Topliss-reactive ketones (excluding diaryl/α,β-unsaturated/α-hetero) is 1. The highest BCUT2D eigenvalue weighted by Crippen LogP contribution is 2.27. The molecule has 1 saturated heterocycles. The lowest BCUT2D eigenvalue weighted by molar-refractivity contribution is -0.130. The van der Waals surface area contributed by atoms with E-state index in [1.54, 1.807) is 54.3 Å². The number of nitrogens with one attached hydrogen (secondary N) is 2. The molecule has 2 amide bonds. The van der Waals surface area contributed by atoms with Gasteiger partial charge in [0.25, 0.3) is 17.6 Å². The molecule has 2 N–H and O–H groups in total. The summed E-state index contributed by atoms with van der Waals surface area (Å²) in [6.45, 7) is 2.70. The minimum atomic E-state index is -3.52. The van der Waals surface area contributed by atoms with Crippen molar-refractivity contribution in [1.29, 1.82) is 0 Å². The third-order valence-corrected chi connectivity index (χ3v) is 6.24. The van der Waals surface area contributed by atoms with E-state index < -0.39 is 21.7 Å². The maximum Gasteiger partial charge on any atom is 0.295 e. The molecule has 10 heteroatoms. The number of hydrogen-bond acceptors (Lipinski definition) is 5. The van der Waals surface area contributed by atoms with Crippen molar-refractivity contribution < 1.29 is 22.8 Å². The van der Waals surface area contributed by atoms with Gasteiger partial charge in [-0.25, -0.2) is 8.42 Å². The minimum Gasteiger partial charge on any atom is -0.359 e. The van der Waals surface area contributed by atoms with E-state index in [1.807, 2.05) is 6.07 Å². The molecule has 1 aliphatic rings. The van der Waals surface area contributed by atoms with Crippen molar-refractivity contribution in [3.8, 4) is 0 Å². The summed E-state index contributed by atoms with van der Waals surface area (Å²) in [6.07, 6.45) is 2.45. The van der Waals surface area contributed by atoms with Crippen LogP contribution >= 0.6 is 0 Å². The Morgan fingerprint density at radius 3 is 2.42 bits per heavy atom. The molecular formula is C23H24N4O5S. The van der Waals surface area contributed by atoms with E-state index in [2.05, 4.69) is 9.71 Å². The Morgan fingerprint density at radius 2 is 1.76 bits per heavy atom. The first-order valence-electron chi connectivity index (χ1n) is 10.4. The van der Waals surface area contributed by atoms with E-state index in [1.165, 1.54) is 11.1 Å². The largest absolute Gasteiger partial charge is 0.359 e. The second kappa shape index (κ2) is 8.70. The van der Waals surface area contributed by atoms with Gasteiger partial charge >= 0.3 is 0 Å². The molecule has 4 rings (SSSR count). The predicted octanol–water partition coefficient (Wildman–Crippen LogP) is 2.10. The number of hydrogen-bond donors (Lipinski definition) is 2. The van der Waals surface area contributed by atoms with Crippen molar-refractivity contribution in [2.45, 2.75) is 13.0 Å². The summed E-state index contributed by atoms with van der Waals surface area (Å²) in [7, 11) is -3.52. The molecule has 172 valence electrons. The molecule has 1 atom stereocenters. The summed E-state index contributed by atoms with van der Waals surface area (Å²) in [5, 5.41) is 0.451. The van der Waals surface area contributed by atoms with Crippen molar-refractivity contribution in [1.82, 2.24) is 14.8 Å². The van der Waals surface area contributed by atoms with Crippen LogP contribution in [0.15, 0.2) is 54.7 Å². The summed E-state index contributed by atoms with van der Waals surface area (Å²) in [6, 6.07) is 13.4. The Bertz CT molecular complexity index is 1330. The van der Waals surface area contributed by atoms with Crippen LogP contribution in [0.5, 0.6) is 0 Å². The number of rotatable bonds is 5. The minimum absolute atomic E-state index is 0.108. The van der Waals surface area contributed by atoms with Crippen molar-refractivity contribution in [3.05, 3.63) is 65.9 Å². The number of aromatic nitrogens is 1. The predicted molar refractivity (Wildman–Crippen MR) is 125 cm³/mol. The number of piperazine rings is 1. The molecule has 0 saturated carbocycles. The number of H-pyrrole nitrogens is 1. The number of benzene rings is 2. The molecular weight excluding hydrogens is 444 g/mol. The first kappa shape index (κ1) is 22.5. The van der Waals surface area contributed by atoms with E-state index in [9.17, 15) is 22.8 Å². The molecule has 1 aliphatic heterocycles. The second-order valence-corrected chi connectivity index (χ2v) is 9.85. The van der Waals surface area contributed by atoms with Gasteiger partial charge in [-0.1, -0.05) is 30.3 Å². The third-order valence-electron chi connectivity index (χ3n) is 5.65. The average molecular weight is 469 g/mol. The summed E-state index contributed by atoms with van der Waals surface area (Å²) < 4.78 is 25.6. The molecule has 0 radical (unpaired) electrons. The first-order valence-corrected chi connectivity index (χ1v) is 12.3. The smallest absolute Gasteiger partial charge is 0.295 e. The summed E-state index contributed by atoms with van der Waals surface area (Å²) in [4.78, 5) is 44.9. The molecule has 1 aromatic heterocycles. The summed E-state index contributed by atoms with van der Waals surface area (Å²) >= 11 is 0. The first-order chi connectivity index (χ1) is 15.7. The van der Waals surface area contributed by atoms with E-state index in [4.69, 9.17) is 0 Å². The number of nitrogens with zero attached hydrogens (tertiary/aromatic N) is 2. The van der Waals surface area contributed by atoms with E-state index in [-0.39, 0.29) is 24.1 Å². The Kier molecular flexibility index (Phi) is 5.94. The highest BCUT2D eigenvalue weighted by molar-refractivity contribution is 7.92. The lowest BCUT2D eigenvalue weighted by Crippen LogP contribution is -2.56. The van der Waals surface area contributed by atoms with Gasteiger partial charge in [0.15, 0.2) is 0 Å². The number of anilines is 1. The number of para-hydroxylation sites is 1. The number of amides is 2.